The van der Waals surface area contributed by atoms with Crippen LogP contribution in [0.25, 0.3) is 0 Å². The second-order valence-corrected chi connectivity index (χ2v) is 7.34. The summed E-state index contributed by atoms with van der Waals surface area (Å²) in [5.41, 5.74) is 0.871. The number of amides is 1. The van der Waals surface area contributed by atoms with E-state index < -0.39 is 0 Å². The number of likely N-dealkylation sites (tertiary alicyclic amines) is 2. The van der Waals surface area contributed by atoms with Crippen LogP contribution in [0.2, 0.25) is 0 Å². The molecule has 2 saturated heterocycles. The van der Waals surface area contributed by atoms with Crippen molar-refractivity contribution in [2.24, 2.45) is 13.0 Å². The van der Waals surface area contributed by atoms with Crippen LogP contribution in [0.4, 0.5) is 0 Å². The number of pyridine rings is 1. The molecule has 25 heavy (non-hydrogen) atoms. The Morgan fingerprint density at radius 3 is 2.84 bits per heavy atom. The van der Waals surface area contributed by atoms with Crippen LogP contribution in [-0.2, 0) is 7.05 Å². The minimum absolute atomic E-state index is 0.115. The van der Waals surface area contributed by atoms with Crippen LogP contribution in [0.15, 0.2) is 42.9 Å². The zero-order valence-electron chi connectivity index (χ0n) is 14.8. The van der Waals surface area contributed by atoms with Crippen LogP contribution in [-0.4, -0.2) is 64.1 Å². The highest BCUT2D eigenvalue weighted by Gasteiger charge is 2.53. The van der Waals surface area contributed by atoms with Gasteiger partial charge < -0.3 is 14.2 Å². The van der Waals surface area contributed by atoms with Crippen molar-refractivity contribution in [1.29, 1.82) is 0 Å². The second kappa shape index (κ2) is 6.19. The minimum atomic E-state index is 0.115. The number of carbonyl (C=O) groups excluding carboxylic acids is 1. The molecule has 6 nitrogen and oxygen atoms in total. The highest BCUT2D eigenvalue weighted by molar-refractivity contribution is 5.93. The van der Waals surface area contributed by atoms with Gasteiger partial charge in [0.15, 0.2) is 0 Å². The summed E-state index contributed by atoms with van der Waals surface area (Å²) in [6.45, 7) is 3.31. The predicted octanol–water partition coefficient (Wildman–Crippen LogP) is 1.65. The van der Waals surface area contributed by atoms with Crippen molar-refractivity contribution in [3.05, 3.63) is 48.5 Å². The van der Waals surface area contributed by atoms with Gasteiger partial charge in [-0.3, -0.25) is 14.7 Å². The van der Waals surface area contributed by atoms with Gasteiger partial charge in [-0.1, -0.05) is 0 Å². The summed E-state index contributed by atoms with van der Waals surface area (Å²) in [6.07, 6.45) is 6.48. The molecule has 2 fully saturated rings. The molecule has 1 atom stereocenters. The maximum atomic E-state index is 12.6. The first-order valence-corrected chi connectivity index (χ1v) is 8.72. The molecular formula is C19H24N4O2. The number of aryl methyl sites for hydroxylation is 1. The average Bonchev–Trinajstić information content (AvgIpc) is 3.15. The Morgan fingerprint density at radius 1 is 1.32 bits per heavy atom. The van der Waals surface area contributed by atoms with Crippen LogP contribution in [0.3, 0.4) is 0 Å². The van der Waals surface area contributed by atoms with Crippen LogP contribution >= 0.6 is 0 Å². The molecule has 1 spiro atoms. The van der Waals surface area contributed by atoms with Gasteiger partial charge in [0.1, 0.15) is 11.4 Å². The van der Waals surface area contributed by atoms with E-state index in [1.807, 2.05) is 47.0 Å². The third-order valence-corrected chi connectivity index (χ3v) is 5.55. The van der Waals surface area contributed by atoms with Crippen molar-refractivity contribution in [2.75, 3.05) is 33.3 Å². The number of hydrogen-bond acceptors (Lipinski definition) is 4. The van der Waals surface area contributed by atoms with Gasteiger partial charge in [-0.25, -0.2) is 0 Å². The quantitative estimate of drug-likeness (QED) is 0.849. The Labute approximate surface area is 148 Å². The number of rotatable bonds is 4. The first kappa shape index (κ1) is 16.1. The van der Waals surface area contributed by atoms with Gasteiger partial charge >= 0.3 is 0 Å². The molecule has 0 saturated carbocycles. The third kappa shape index (κ3) is 2.91. The van der Waals surface area contributed by atoms with Crippen molar-refractivity contribution in [1.82, 2.24) is 19.4 Å². The molecule has 2 aromatic rings. The van der Waals surface area contributed by atoms with E-state index in [0.29, 0.717) is 12.5 Å². The molecule has 0 N–H and O–H groups in total. The summed E-state index contributed by atoms with van der Waals surface area (Å²) >= 11 is 0. The normalized spacial score (nSPS) is 22.2. The number of likely N-dealkylation sites (N-methyl/N-ethyl adjacent to an activating group) is 1. The summed E-state index contributed by atoms with van der Waals surface area (Å²) < 4.78 is 7.76. The molecule has 2 aliphatic heterocycles. The lowest BCUT2D eigenvalue weighted by atomic mass is 9.84. The SMILES string of the molecule is CN1C[C@@H](COc2cccnc2)CC12CN(C(=O)c1cccn1C)C2. The standard InChI is InChI=1S/C19H24N4O2/c1-21-8-4-6-17(21)18(24)23-13-19(14-23)9-15(11-22(19)2)12-25-16-5-3-7-20-10-16/h3-8,10,15H,9,11-14H2,1-2H3/t15-/m0/s1. The van der Waals surface area contributed by atoms with Gasteiger partial charge in [0.05, 0.1) is 18.3 Å². The number of aromatic nitrogens is 2. The molecule has 0 radical (unpaired) electrons. The molecule has 2 aromatic heterocycles. The lowest BCUT2D eigenvalue weighted by Gasteiger charge is -2.51. The largest absolute Gasteiger partial charge is 0.492 e. The Hall–Kier alpha value is -2.34. The molecule has 4 heterocycles. The number of ether oxygens (including phenoxy) is 1. The molecular weight excluding hydrogens is 316 g/mol. The van der Waals surface area contributed by atoms with E-state index in [-0.39, 0.29) is 11.4 Å². The zero-order chi connectivity index (χ0) is 17.4. The summed E-state index contributed by atoms with van der Waals surface area (Å²) in [6, 6.07) is 7.62. The van der Waals surface area contributed by atoms with E-state index >= 15 is 0 Å². The monoisotopic (exact) mass is 340 g/mol. The van der Waals surface area contributed by atoms with Crippen LogP contribution in [0.1, 0.15) is 16.9 Å². The maximum absolute atomic E-state index is 12.6. The molecule has 2 aliphatic rings. The topological polar surface area (TPSA) is 50.6 Å². The van der Waals surface area contributed by atoms with E-state index in [4.69, 9.17) is 4.74 Å². The van der Waals surface area contributed by atoms with Crippen molar-refractivity contribution in [2.45, 2.75) is 12.0 Å². The van der Waals surface area contributed by atoms with Crippen molar-refractivity contribution < 1.29 is 9.53 Å². The fourth-order valence-electron chi connectivity index (χ4n) is 4.12. The molecule has 0 aliphatic carbocycles. The molecule has 132 valence electrons. The van der Waals surface area contributed by atoms with E-state index in [9.17, 15) is 4.79 Å². The van der Waals surface area contributed by atoms with E-state index in [1.54, 1.807) is 12.4 Å². The van der Waals surface area contributed by atoms with Gasteiger partial charge in [-0.2, -0.15) is 0 Å². The molecule has 1 amide bonds. The second-order valence-electron chi connectivity index (χ2n) is 7.34. The lowest BCUT2D eigenvalue weighted by Crippen LogP contribution is -2.68. The van der Waals surface area contributed by atoms with E-state index in [1.165, 1.54) is 0 Å². The third-order valence-electron chi connectivity index (χ3n) is 5.55. The molecule has 6 heteroatoms. The molecule has 0 unspecified atom stereocenters. The van der Waals surface area contributed by atoms with Gasteiger partial charge in [0.2, 0.25) is 0 Å². The Morgan fingerprint density at radius 2 is 2.16 bits per heavy atom. The van der Waals surface area contributed by atoms with Crippen LogP contribution in [0, 0.1) is 5.92 Å². The van der Waals surface area contributed by atoms with Crippen molar-refractivity contribution in [3.63, 3.8) is 0 Å². The Bertz CT molecular complexity index is 752. The lowest BCUT2D eigenvalue weighted by molar-refractivity contribution is -0.00828. The maximum Gasteiger partial charge on any atom is 0.270 e. The Balaban J connectivity index is 1.33. The highest BCUT2D eigenvalue weighted by atomic mass is 16.5. The highest BCUT2D eigenvalue weighted by Crippen LogP contribution is 2.40. The molecule has 0 bridgehead atoms. The minimum Gasteiger partial charge on any atom is -0.492 e. The first-order chi connectivity index (χ1) is 12.1. The number of hydrogen-bond donors (Lipinski definition) is 0. The van der Waals surface area contributed by atoms with Crippen LogP contribution < -0.4 is 4.74 Å². The summed E-state index contributed by atoms with van der Waals surface area (Å²) in [7, 11) is 4.07. The summed E-state index contributed by atoms with van der Waals surface area (Å²) in [4.78, 5) is 21.0. The van der Waals surface area contributed by atoms with Crippen molar-refractivity contribution >= 4 is 5.91 Å². The molecule has 0 aromatic carbocycles. The fraction of sp³-hybridized carbons (Fsp3) is 0.474. The average molecular weight is 340 g/mol. The predicted molar refractivity (Wildman–Crippen MR) is 94.5 cm³/mol. The van der Waals surface area contributed by atoms with Gasteiger partial charge in [-0.15, -0.1) is 0 Å². The van der Waals surface area contributed by atoms with E-state index in [0.717, 1.165) is 37.5 Å². The smallest absolute Gasteiger partial charge is 0.270 e. The zero-order valence-corrected chi connectivity index (χ0v) is 14.8. The van der Waals surface area contributed by atoms with Crippen molar-refractivity contribution in [3.8, 4) is 5.75 Å². The number of nitrogens with zero attached hydrogens (tertiary/aromatic N) is 4. The first-order valence-electron chi connectivity index (χ1n) is 8.72. The van der Waals surface area contributed by atoms with Gasteiger partial charge in [-0.05, 0) is 37.7 Å². The summed E-state index contributed by atoms with van der Waals surface area (Å²) in [5.74, 6) is 1.43. The van der Waals surface area contributed by atoms with Crippen LogP contribution in [0.5, 0.6) is 5.75 Å². The van der Waals surface area contributed by atoms with E-state index in [2.05, 4.69) is 16.9 Å². The fourth-order valence-corrected chi connectivity index (χ4v) is 4.12. The summed E-state index contributed by atoms with van der Waals surface area (Å²) in [5, 5.41) is 0. The van der Waals surface area contributed by atoms with Gasteiger partial charge in [0.25, 0.3) is 5.91 Å². The number of carbonyl (C=O) groups is 1. The van der Waals surface area contributed by atoms with Gasteiger partial charge in [0, 0.05) is 45.0 Å². The Kier molecular flexibility index (Phi) is 4.00. The molecule has 4 rings (SSSR count).